The molecule has 3 heteroatoms. The second-order valence-corrected chi connectivity index (χ2v) is 6.43. The van der Waals surface area contributed by atoms with E-state index in [9.17, 15) is 4.79 Å². The van der Waals surface area contributed by atoms with Gasteiger partial charge < -0.3 is 11.1 Å². The third-order valence-corrected chi connectivity index (χ3v) is 3.82. The highest BCUT2D eigenvalue weighted by Crippen LogP contribution is 2.26. The number of nitrogens with one attached hydrogen (secondary N) is 1. The maximum Gasteiger partial charge on any atom is 0.220 e. The van der Waals surface area contributed by atoms with Crippen LogP contribution in [0.15, 0.2) is 0 Å². The average molecular weight is 240 g/mol. The first-order chi connectivity index (χ1) is 7.93. The molecule has 0 spiro atoms. The van der Waals surface area contributed by atoms with Gasteiger partial charge in [-0.15, -0.1) is 0 Å². The molecule has 0 saturated heterocycles. The molecule has 1 saturated carbocycles. The van der Waals surface area contributed by atoms with Gasteiger partial charge in [-0.2, -0.15) is 0 Å². The molecule has 1 unspecified atom stereocenters. The van der Waals surface area contributed by atoms with E-state index >= 15 is 0 Å². The van der Waals surface area contributed by atoms with Gasteiger partial charge in [-0.1, -0.05) is 40.0 Å². The number of hydrogen-bond acceptors (Lipinski definition) is 2. The van der Waals surface area contributed by atoms with Crippen LogP contribution in [0.1, 0.15) is 59.3 Å². The molecular weight excluding hydrogens is 212 g/mol. The Bertz CT molecular complexity index is 239. The van der Waals surface area contributed by atoms with E-state index in [0.29, 0.717) is 18.9 Å². The van der Waals surface area contributed by atoms with E-state index in [-0.39, 0.29) is 17.4 Å². The molecule has 0 heterocycles. The molecule has 3 nitrogen and oxygen atoms in total. The zero-order chi connectivity index (χ0) is 12.9. The summed E-state index contributed by atoms with van der Waals surface area (Å²) < 4.78 is 0. The van der Waals surface area contributed by atoms with Gasteiger partial charge in [0.05, 0.1) is 0 Å². The predicted molar refractivity (Wildman–Crippen MR) is 71.6 cm³/mol. The van der Waals surface area contributed by atoms with E-state index in [2.05, 4.69) is 26.1 Å². The molecule has 0 aromatic carbocycles. The second-order valence-electron chi connectivity index (χ2n) is 6.43. The van der Waals surface area contributed by atoms with Crippen LogP contribution in [-0.2, 0) is 4.79 Å². The quantitative estimate of drug-likeness (QED) is 0.793. The highest BCUT2D eigenvalue weighted by molar-refractivity contribution is 5.76. The van der Waals surface area contributed by atoms with E-state index < -0.39 is 0 Å². The first-order valence-corrected chi connectivity index (χ1v) is 6.93. The molecule has 1 fully saturated rings. The van der Waals surface area contributed by atoms with Crippen molar-refractivity contribution in [1.29, 1.82) is 0 Å². The zero-order valence-electron chi connectivity index (χ0n) is 11.6. The van der Waals surface area contributed by atoms with Crippen molar-refractivity contribution in [2.75, 3.05) is 6.54 Å². The molecule has 0 aliphatic heterocycles. The van der Waals surface area contributed by atoms with E-state index in [1.165, 1.54) is 32.1 Å². The summed E-state index contributed by atoms with van der Waals surface area (Å²) in [6, 6.07) is 0.0820. The van der Waals surface area contributed by atoms with Crippen molar-refractivity contribution < 1.29 is 4.79 Å². The van der Waals surface area contributed by atoms with Crippen molar-refractivity contribution in [3.63, 3.8) is 0 Å². The van der Waals surface area contributed by atoms with Gasteiger partial charge in [0.15, 0.2) is 0 Å². The SMILES string of the molecule is CC(C)(C)C(CN)NC(=O)CC1CCCCC1. The number of carbonyl (C=O) groups is 1. The molecule has 1 amide bonds. The summed E-state index contributed by atoms with van der Waals surface area (Å²) >= 11 is 0. The third kappa shape index (κ3) is 5.07. The molecule has 17 heavy (non-hydrogen) atoms. The molecule has 1 aliphatic rings. The lowest BCUT2D eigenvalue weighted by Crippen LogP contribution is -2.48. The summed E-state index contributed by atoms with van der Waals surface area (Å²) in [5.41, 5.74) is 5.76. The molecule has 1 atom stereocenters. The van der Waals surface area contributed by atoms with Crippen LogP contribution >= 0.6 is 0 Å². The van der Waals surface area contributed by atoms with Crippen molar-refractivity contribution in [3.8, 4) is 0 Å². The van der Waals surface area contributed by atoms with Gasteiger partial charge in [-0.25, -0.2) is 0 Å². The molecule has 1 aliphatic carbocycles. The minimum atomic E-state index is 0.0387. The van der Waals surface area contributed by atoms with E-state index in [1.54, 1.807) is 0 Å². The molecule has 3 N–H and O–H groups in total. The van der Waals surface area contributed by atoms with Crippen LogP contribution in [-0.4, -0.2) is 18.5 Å². The van der Waals surface area contributed by atoms with Crippen LogP contribution in [0.4, 0.5) is 0 Å². The maximum absolute atomic E-state index is 12.0. The first kappa shape index (κ1) is 14.5. The fourth-order valence-electron chi connectivity index (χ4n) is 2.54. The number of carbonyl (C=O) groups excluding carboxylic acids is 1. The smallest absolute Gasteiger partial charge is 0.220 e. The van der Waals surface area contributed by atoms with Crippen LogP contribution in [0.3, 0.4) is 0 Å². The normalized spacial score (nSPS) is 20.0. The minimum Gasteiger partial charge on any atom is -0.352 e. The molecule has 0 aromatic rings. The van der Waals surface area contributed by atoms with E-state index in [1.807, 2.05) is 0 Å². The predicted octanol–water partition coefficient (Wildman–Crippen LogP) is 2.45. The van der Waals surface area contributed by atoms with Gasteiger partial charge in [-0.3, -0.25) is 4.79 Å². The summed E-state index contributed by atoms with van der Waals surface area (Å²) in [5.74, 6) is 0.782. The molecule has 0 radical (unpaired) electrons. The maximum atomic E-state index is 12.0. The Labute approximate surface area is 106 Å². The summed E-state index contributed by atoms with van der Waals surface area (Å²) in [4.78, 5) is 12.0. The number of hydrogen-bond donors (Lipinski definition) is 2. The average Bonchev–Trinajstić information content (AvgIpc) is 2.25. The van der Waals surface area contributed by atoms with Gasteiger partial charge in [0.1, 0.15) is 0 Å². The van der Waals surface area contributed by atoms with Gasteiger partial charge in [-0.05, 0) is 24.2 Å². The van der Waals surface area contributed by atoms with Gasteiger partial charge in [0.25, 0.3) is 0 Å². The highest BCUT2D eigenvalue weighted by Gasteiger charge is 2.26. The highest BCUT2D eigenvalue weighted by atomic mass is 16.1. The Morgan fingerprint density at radius 2 is 1.88 bits per heavy atom. The first-order valence-electron chi connectivity index (χ1n) is 6.93. The standard InChI is InChI=1S/C14H28N2O/c1-14(2,3)12(10-15)16-13(17)9-11-7-5-4-6-8-11/h11-12H,4-10,15H2,1-3H3,(H,16,17). The molecule has 0 aromatic heterocycles. The second kappa shape index (κ2) is 6.39. The Kier molecular flexibility index (Phi) is 5.44. The largest absolute Gasteiger partial charge is 0.352 e. The van der Waals surface area contributed by atoms with E-state index in [0.717, 1.165) is 0 Å². The number of amides is 1. The van der Waals surface area contributed by atoms with Crippen LogP contribution in [0.2, 0.25) is 0 Å². The fraction of sp³-hybridized carbons (Fsp3) is 0.929. The lowest BCUT2D eigenvalue weighted by atomic mass is 9.85. The topological polar surface area (TPSA) is 55.1 Å². The summed E-state index contributed by atoms with van der Waals surface area (Å²) in [5, 5.41) is 3.09. The molecule has 0 bridgehead atoms. The number of rotatable bonds is 4. The molecular formula is C14H28N2O. The van der Waals surface area contributed by atoms with E-state index in [4.69, 9.17) is 5.73 Å². The van der Waals surface area contributed by atoms with Crippen molar-refractivity contribution in [2.45, 2.75) is 65.3 Å². The van der Waals surface area contributed by atoms with Gasteiger partial charge in [0, 0.05) is 19.0 Å². The van der Waals surface area contributed by atoms with Gasteiger partial charge >= 0.3 is 0 Å². The van der Waals surface area contributed by atoms with Crippen LogP contribution in [0.25, 0.3) is 0 Å². The Morgan fingerprint density at radius 3 is 2.35 bits per heavy atom. The Hall–Kier alpha value is -0.570. The van der Waals surface area contributed by atoms with Crippen molar-refractivity contribution in [1.82, 2.24) is 5.32 Å². The lowest BCUT2D eigenvalue weighted by Gasteiger charge is -2.31. The van der Waals surface area contributed by atoms with Crippen LogP contribution in [0.5, 0.6) is 0 Å². The molecule has 100 valence electrons. The lowest BCUT2D eigenvalue weighted by molar-refractivity contribution is -0.123. The van der Waals surface area contributed by atoms with Crippen molar-refractivity contribution >= 4 is 5.91 Å². The zero-order valence-corrected chi connectivity index (χ0v) is 11.6. The van der Waals surface area contributed by atoms with Crippen molar-refractivity contribution in [3.05, 3.63) is 0 Å². The third-order valence-electron chi connectivity index (χ3n) is 3.82. The summed E-state index contributed by atoms with van der Waals surface area (Å²) in [6.07, 6.45) is 7.04. The Balaban J connectivity index is 2.37. The Morgan fingerprint density at radius 1 is 1.29 bits per heavy atom. The minimum absolute atomic E-state index is 0.0387. The van der Waals surface area contributed by atoms with Crippen molar-refractivity contribution in [2.24, 2.45) is 17.1 Å². The fourth-order valence-corrected chi connectivity index (χ4v) is 2.54. The monoisotopic (exact) mass is 240 g/mol. The van der Waals surface area contributed by atoms with Crippen LogP contribution < -0.4 is 11.1 Å². The van der Waals surface area contributed by atoms with Gasteiger partial charge in [0.2, 0.25) is 5.91 Å². The summed E-state index contributed by atoms with van der Waals surface area (Å²) in [6.45, 7) is 6.86. The molecule has 1 rings (SSSR count). The van der Waals surface area contributed by atoms with Crippen LogP contribution in [0, 0.1) is 11.3 Å². The summed E-state index contributed by atoms with van der Waals surface area (Å²) in [7, 11) is 0. The number of nitrogens with two attached hydrogens (primary N) is 1.